The Hall–Kier alpha value is -2.05. The van der Waals surface area contributed by atoms with Crippen molar-refractivity contribution in [2.24, 2.45) is 0 Å². The topological polar surface area (TPSA) is 118 Å². The lowest BCUT2D eigenvalue weighted by molar-refractivity contribution is -0.138. The molecular weight excluding hydrogens is 266 g/mol. The van der Waals surface area contributed by atoms with Crippen LogP contribution < -0.4 is 5.32 Å². The monoisotopic (exact) mass is 287 g/mol. The van der Waals surface area contributed by atoms with Crippen molar-refractivity contribution in [3.05, 3.63) is 0 Å². The molecule has 1 aliphatic rings. The third-order valence-corrected chi connectivity index (χ3v) is 2.18. The van der Waals surface area contributed by atoms with Crippen LogP contribution in [-0.2, 0) is 24.0 Å². The Balaban J connectivity index is 0. The molecule has 0 aromatic rings. The highest BCUT2D eigenvalue weighted by Gasteiger charge is 2.23. The van der Waals surface area contributed by atoms with Crippen LogP contribution in [0, 0.1) is 0 Å². The van der Waals surface area contributed by atoms with Crippen molar-refractivity contribution in [1.29, 1.82) is 0 Å². The number of carbonyl (C=O) groups excluding carboxylic acids is 4. The second kappa shape index (κ2) is 12.0. The molecule has 20 heavy (non-hydrogen) atoms. The molecule has 1 aliphatic heterocycles. The summed E-state index contributed by atoms with van der Waals surface area (Å²) in [4.78, 5) is 49.7. The molecule has 7 nitrogen and oxygen atoms in total. The zero-order valence-corrected chi connectivity index (χ0v) is 12.0. The van der Waals surface area contributed by atoms with Gasteiger partial charge in [0.15, 0.2) is 5.78 Å². The first-order valence-corrected chi connectivity index (χ1v) is 6.15. The summed E-state index contributed by atoms with van der Waals surface area (Å²) in [5.74, 6) is -0.941. The van der Waals surface area contributed by atoms with Gasteiger partial charge in [-0.3, -0.25) is 14.4 Å². The maximum absolute atomic E-state index is 10.6. The summed E-state index contributed by atoms with van der Waals surface area (Å²) in [5, 5.41) is 10.6. The van der Waals surface area contributed by atoms with Crippen LogP contribution in [0.25, 0.3) is 0 Å². The highest BCUT2D eigenvalue weighted by Crippen LogP contribution is 2.06. The van der Waals surface area contributed by atoms with E-state index in [-0.39, 0.29) is 36.4 Å². The number of rotatable bonds is 4. The fourth-order valence-electron chi connectivity index (χ4n) is 1.20. The number of ketones is 2. The number of nitrogens with one attached hydrogen (secondary N) is 1. The van der Waals surface area contributed by atoms with E-state index in [0.29, 0.717) is 12.8 Å². The highest BCUT2D eigenvalue weighted by molar-refractivity contribution is 5.90. The maximum Gasteiger partial charge on any atom is 0.303 e. The summed E-state index contributed by atoms with van der Waals surface area (Å²) in [6, 6.07) is -0.197. The zero-order valence-electron chi connectivity index (χ0n) is 12.0. The Kier molecular flexibility index (Phi) is 12.2. The first-order valence-electron chi connectivity index (χ1n) is 6.15. The molecular formula is C13H21NO6. The van der Waals surface area contributed by atoms with Gasteiger partial charge in [0.1, 0.15) is 12.1 Å². The van der Waals surface area contributed by atoms with Gasteiger partial charge in [0.2, 0.25) is 5.91 Å². The van der Waals surface area contributed by atoms with Crippen LogP contribution >= 0.6 is 0 Å². The first kappa shape index (κ1) is 20.3. The summed E-state index contributed by atoms with van der Waals surface area (Å²) >= 11 is 0. The van der Waals surface area contributed by atoms with Crippen LogP contribution in [0.3, 0.4) is 0 Å². The van der Waals surface area contributed by atoms with E-state index >= 15 is 0 Å². The van der Waals surface area contributed by atoms with Crippen LogP contribution in [0.2, 0.25) is 0 Å². The SMILES string of the molecule is CC(=O)C1CCC(=O)N1.CC(=O)CCC(=O)O.CC=O. The van der Waals surface area contributed by atoms with E-state index in [1.165, 1.54) is 20.8 Å². The number of aldehydes is 1. The van der Waals surface area contributed by atoms with Crippen molar-refractivity contribution in [3.8, 4) is 0 Å². The maximum atomic E-state index is 10.6. The summed E-state index contributed by atoms with van der Waals surface area (Å²) < 4.78 is 0. The predicted octanol–water partition coefficient (Wildman–Crippen LogP) is 0.499. The van der Waals surface area contributed by atoms with Crippen molar-refractivity contribution < 1.29 is 29.1 Å². The molecule has 0 aliphatic carbocycles. The minimum absolute atomic E-state index is 0.00444. The van der Waals surface area contributed by atoms with E-state index in [1.807, 2.05) is 0 Å². The van der Waals surface area contributed by atoms with E-state index in [1.54, 1.807) is 0 Å². The zero-order chi connectivity index (χ0) is 16.1. The fraction of sp³-hybridized carbons (Fsp3) is 0.615. The summed E-state index contributed by atoms with van der Waals surface area (Å²) in [6.07, 6.45) is 2.03. The standard InChI is InChI=1S/C6H9NO2.C5H8O3.C2H4O/c1-4(8)5-2-3-6(9)7-5;1-4(6)2-3-5(7)8;1-2-3/h5H,2-3H2,1H3,(H,7,9);2-3H2,1H3,(H,7,8);2H,1H3. The van der Waals surface area contributed by atoms with Crippen LogP contribution in [0.4, 0.5) is 0 Å². The molecule has 114 valence electrons. The lowest BCUT2D eigenvalue weighted by Crippen LogP contribution is -2.31. The number of aliphatic carboxylic acids is 1. The first-order chi connectivity index (χ1) is 9.24. The second-order valence-electron chi connectivity index (χ2n) is 4.10. The molecule has 0 aromatic carbocycles. The van der Waals surface area contributed by atoms with Gasteiger partial charge in [0.25, 0.3) is 0 Å². The third-order valence-electron chi connectivity index (χ3n) is 2.18. The third kappa shape index (κ3) is 14.0. The van der Waals surface area contributed by atoms with Gasteiger partial charge in [-0.1, -0.05) is 0 Å². The molecule has 0 bridgehead atoms. The summed E-state index contributed by atoms with van der Waals surface area (Å²) in [6.45, 7) is 4.32. The fourth-order valence-corrected chi connectivity index (χ4v) is 1.20. The van der Waals surface area contributed by atoms with Gasteiger partial charge >= 0.3 is 5.97 Å². The number of carboxylic acid groups (broad SMARTS) is 1. The number of hydrogen-bond donors (Lipinski definition) is 2. The number of amides is 1. The quantitative estimate of drug-likeness (QED) is 0.727. The molecule has 1 unspecified atom stereocenters. The van der Waals surface area contributed by atoms with E-state index in [4.69, 9.17) is 9.90 Å². The van der Waals surface area contributed by atoms with Gasteiger partial charge in [0.05, 0.1) is 12.5 Å². The van der Waals surface area contributed by atoms with Gasteiger partial charge in [-0.2, -0.15) is 0 Å². The summed E-state index contributed by atoms with van der Waals surface area (Å²) in [5.41, 5.74) is 0. The Morgan fingerprint density at radius 2 is 1.80 bits per heavy atom. The van der Waals surface area contributed by atoms with E-state index in [0.717, 1.165) is 6.29 Å². The Bertz CT molecular complexity index is 350. The molecule has 0 spiro atoms. The average Bonchev–Trinajstić information content (AvgIpc) is 2.75. The molecule has 1 atom stereocenters. The normalized spacial score (nSPS) is 15.8. The minimum atomic E-state index is -0.916. The lowest BCUT2D eigenvalue weighted by Gasteiger charge is -2.01. The highest BCUT2D eigenvalue weighted by atomic mass is 16.4. The molecule has 0 radical (unpaired) electrons. The van der Waals surface area contributed by atoms with E-state index in [9.17, 15) is 19.2 Å². The van der Waals surface area contributed by atoms with Crippen molar-refractivity contribution in [2.75, 3.05) is 0 Å². The number of hydrogen-bond acceptors (Lipinski definition) is 5. The van der Waals surface area contributed by atoms with Crippen molar-refractivity contribution >= 4 is 29.7 Å². The predicted molar refractivity (Wildman–Crippen MR) is 71.1 cm³/mol. The Labute approximate surface area is 117 Å². The molecule has 1 saturated heterocycles. The van der Waals surface area contributed by atoms with Crippen molar-refractivity contribution in [3.63, 3.8) is 0 Å². The van der Waals surface area contributed by atoms with E-state index < -0.39 is 5.97 Å². The molecule has 1 fully saturated rings. The second-order valence-corrected chi connectivity index (χ2v) is 4.10. The molecule has 1 amide bonds. The molecule has 0 saturated carbocycles. The van der Waals surface area contributed by atoms with Gasteiger partial charge in [-0.25, -0.2) is 0 Å². The largest absolute Gasteiger partial charge is 0.481 e. The Morgan fingerprint density at radius 3 is 1.95 bits per heavy atom. The number of Topliss-reactive ketones (excluding diaryl/α,β-unsaturated/α-hetero) is 2. The van der Waals surface area contributed by atoms with Gasteiger partial charge < -0.3 is 20.0 Å². The lowest BCUT2D eigenvalue weighted by atomic mass is 10.2. The number of carbonyl (C=O) groups is 5. The smallest absolute Gasteiger partial charge is 0.303 e. The summed E-state index contributed by atoms with van der Waals surface area (Å²) in [7, 11) is 0. The number of carboxylic acids is 1. The van der Waals surface area contributed by atoms with E-state index in [2.05, 4.69) is 5.32 Å². The molecule has 0 aromatic heterocycles. The van der Waals surface area contributed by atoms with Crippen LogP contribution in [0.5, 0.6) is 0 Å². The average molecular weight is 287 g/mol. The molecule has 7 heteroatoms. The van der Waals surface area contributed by atoms with Gasteiger partial charge in [-0.05, 0) is 27.2 Å². The van der Waals surface area contributed by atoms with Crippen molar-refractivity contribution in [2.45, 2.75) is 52.5 Å². The van der Waals surface area contributed by atoms with Crippen LogP contribution in [-0.4, -0.2) is 40.9 Å². The van der Waals surface area contributed by atoms with Crippen LogP contribution in [0.15, 0.2) is 0 Å². The molecule has 1 heterocycles. The molecule has 2 N–H and O–H groups in total. The Morgan fingerprint density at radius 1 is 1.30 bits per heavy atom. The molecule has 1 rings (SSSR count). The van der Waals surface area contributed by atoms with Crippen LogP contribution in [0.1, 0.15) is 46.5 Å². The van der Waals surface area contributed by atoms with Gasteiger partial charge in [0, 0.05) is 12.8 Å². The van der Waals surface area contributed by atoms with Crippen molar-refractivity contribution in [1.82, 2.24) is 5.32 Å². The van der Waals surface area contributed by atoms with Gasteiger partial charge in [-0.15, -0.1) is 0 Å². The minimum Gasteiger partial charge on any atom is -0.481 e.